The number of nitrogens with zero attached hydrogens (tertiary/aromatic N) is 4. The van der Waals surface area contributed by atoms with E-state index in [2.05, 4.69) is 11.4 Å². The van der Waals surface area contributed by atoms with Crippen LogP contribution in [-0.4, -0.2) is 43.6 Å². The minimum atomic E-state index is -0.937. The topological polar surface area (TPSA) is 88.8 Å². The molecule has 0 radical (unpaired) electrons. The Balaban J connectivity index is 1.47. The number of halogens is 1. The van der Waals surface area contributed by atoms with Gasteiger partial charge >= 0.3 is 6.09 Å². The molecule has 3 heterocycles. The molecule has 0 spiro atoms. The first kappa shape index (κ1) is 25.5. The highest BCUT2D eigenvalue weighted by Gasteiger charge is 2.36. The third-order valence-corrected chi connectivity index (χ3v) is 7.09. The van der Waals surface area contributed by atoms with Crippen molar-refractivity contribution in [2.75, 3.05) is 6.54 Å². The number of aromatic nitrogens is 3. The molecule has 2 amide bonds. The standard InChI is InChI=1S/C28H34ClN5O3/c1-17-14-21(18-11-12-18)30-24-16-22(32-34(17)24)23-10-5-6-13-33(23)26(35)25(19-8-7-9-20(29)15-19)31-27(36)37-28(2,3)4/h7-9,14-16,18,23,25H,5-6,10-13H2,1-4H3,(H,31,36). The van der Waals surface area contributed by atoms with Crippen LogP contribution in [-0.2, 0) is 9.53 Å². The minimum absolute atomic E-state index is 0.210. The number of carbonyl (C=O) groups is 2. The number of aryl methyl sites for hydroxylation is 1. The van der Waals surface area contributed by atoms with E-state index in [0.29, 0.717) is 23.0 Å². The van der Waals surface area contributed by atoms with Gasteiger partial charge in [-0.3, -0.25) is 4.79 Å². The van der Waals surface area contributed by atoms with Gasteiger partial charge in [0, 0.05) is 34.9 Å². The summed E-state index contributed by atoms with van der Waals surface area (Å²) in [6.45, 7) is 7.98. The average molecular weight is 524 g/mol. The second kappa shape index (κ2) is 9.97. The smallest absolute Gasteiger partial charge is 0.408 e. The van der Waals surface area contributed by atoms with Crippen LogP contribution in [0.2, 0.25) is 5.02 Å². The molecule has 2 atom stereocenters. The molecule has 5 rings (SSSR count). The predicted octanol–water partition coefficient (Wildman–Crippen LogP) is 5.89. The predicted molar refractivity (Wildman–Crippen MR) is 142 cm³/mol. The summed E-state index contributed by atoms with van der Waals surface area (Å²) in [5.41, 5.74) is 3.70. The highest BCUT2D eigenvalue weighted by molar-refractivity contribution is 6.30. The summed E-state index contributed by atoms with van der Waals surface area (Å²) in [5, 5.41) is 8.16. The number of hydrogen-bond acceptors (Lipinski definition) is 5. The van der Waals surface area contributed by atoms with Crippen LogP contribution in [0.25, 0.3) is 5.65 Å². The van der Waals surface area contributed by atoms with Crippen LogP contribution < -0.4 is 5.32 Å². The fraction of sp³-hybridized carbons (Fsp3) is 0.500. The molecule has 0 bridgehead atoms. The van der Waals surface area contributed by atoms with Gasteiger partial charge in [0.15, 0.2) is 5.65 Å². The van der Waals surface area contributed by atoms with E-state index in [1.54, 1.807) is 45.0 Å². The molecule has 2 unspecified atom stereocenters. The highest BCUT2D eigenvalue weighted by atomic mass is 35.5. The van der Waals surface area contributed by atoms with Crippen LogP contribution in [0.3, 0.4) is 0 Å². The SMILES string of the molecule is Cc1cc(C2CC2)nc2cc(C3CCCCN3C(=O)C(NC(=O)OC(C)(C)C)c3cccc(Cl)c3)nn12. The number of likely N-dealkylation sites (tertiary alicyclic amines) is 1. The van der Waals surface area contributed by atoms with E-state index in [-0.39, 0.29) is 11.9 Å². The van der Waals surface area contributed by atoms with Gasteiger partial charge in [-0.25, -0.2) is 14.3 Å². The lowest BCUT2D eigenvalue weighted by Crippen LogP contribution is -2.47. The van der Waals surface area contributed by atoms with E-state index >= 15 is 0 Å². The molecule has 9 heteroatoms. The van der Waals surface area contributed by atoms with Crippen LogP contribution in [0.1, 0.15) is 93.5 Å². The molecule has 3 aromatic rings. The normalized spacial score (nSPS) is 19.1. The average Bonchev–Trinajstić information content (AvgIpc) is 3.60. The van der Waals surface area contributed by atoms with E-state index in [0.717, 1.165) is 42.0 Å². The van der Waals surface area contributed by atoms with Crippen LogP contribution >= 0.6 is 11.6 Å². The second-order valence-electron chi connectivity index (χ2n) is 11.1. The summed E-state index contributed by atoms with van der Waals surface area (Å²) >= 11 is 6.26. The Morgan fingerprint density at radius 1 is 1.11 bits per heavy atom. The minimum Gasteiger partial charge on any atom is -0.444 e. The first-order valence-corrected chi connectivity index (χ1v) is 13.4. The van der Waals surface area contributed by atoms with Crippen molar-refractivity contribution in [2.45, 2.75) is 83.4 Å². The van der Waals surface area contributed by atoms with E-state index in [1.807, 2.05) is 22.4 Å². The maximum absolute atomic E-state index is 14.1. The molecule has 8 nitrogen and oxygen atoms in total. The van der Waals surface area contributed by atoms with E-state index < -0.39 is 17.7 Å². The monoisotopic (exact) mass is 523 g/mol. The Morgan fingerprint density at radius 3 is 2.59 bits per heavy atom. The van der Waals surface area contributed by atoms with Gasteiger partial charge in [-0.15, -0.1) is 0 Å². The largest absolute Gasteiger partial charge is 0.444 e. The Morgan fingerprint density at radius 2 is 1.89 bits per heavy atom. The molecular formula is C28H34ClN5O3. The van der Waals surface area contributed by atoms with Gasteiger partial charge in [-0.2, -0.15) is 5.10 Å². The highest BCUT2D eigenvalue weighted by Crippen LogP contribution is 2.40. The maximum atomic E-state index is 14.1. The van der Waals surface area contributed by atoms with E-state index in [1.165, 1.54) is 12.8 Å². The molecule has 2 aromatic heterocycles. The molecule has 1 aliphatic heterocycles. The number of benzene rings is 1. The van der Waals surface area contributed by atoms with Crippen molar-refractivity contribution in [3.8, 4) is 0 Å². The molecule has 37 heavy (non-hydrogen) atoms. The summed E-state index contributed by atoms with van der Waals surface area (Å²) < 4.78 is 7.35. The summed E-state index contributed by atoms with van der Waals surface area (Å²) in [7, 11) is 0. The Bertz CT molecular complexity index is 1330. The van der Waals surface area contributed by atoms with Gasteiger partial charge in [-0.1, -0.05) is 23.7 Å². The fourth-order valence-electron chi connectivity index (χ4n) is 4.99. The molecule has 1 saturated carbocycles. The summed E-state index contributed by atoms with van der Waals surface area (Å²) in [6, 6.07) is 9.99. The molecule has 2 fully saturated rings. The van der Waals surface area contributed by atoms with Gasteiger partial charge in [0.05, 0.1) is 11.7 Å². The first-order valence-electron chi connectivity index (χ1n) is 13.0. The van der Waals surface area contributed by atoms with Gasteiger partial charge in [0.25, 0.3) is 0 Å². The number of carbonyl (C=O) groups excluding carboxylic acids is 2. The van der Waals surface area contributed by atoms with Gasteiger partial charge in [0.2, 0.25) is 5.91 Å². The van der Waals surface area contributed by atoms with Crippen molar-refractivity contribution in [3.63, 3.8) is 0 Å². The van der Waals surface area contributed by atoms with Crippen molar-refractivity contribution in [2.24, 2.45) is 0 Å². The number of amides is 2. The third kappa shape index (κ3) is 5.74. The Labute approximate surface area is 222 Å². The van der Waals surface area contributed by atoms with Gasteiger partial charge < -0.3 is 15.0 Å². The van der Waals surface area contributed by atoms with E-state index in [4.69, 9.17) is 26.4 Å². The molecule has 1 N–H and O–H groups in total. The van der Waals surface area contributed by atoms with Crippen molar-refractivity contribution < 1.29 is 14.3 Å². The molecule has 2 aliphatic rings. The lowest BCUT2D eigenvalue weighted by molar-refractivity contribution is -0.137. The lowest BCUT2D eigenvalue weighted by atomic mass is 9.96. The number of piperidine rings is 1. The summed E-state index contributed by atoms with van der Waals surface area (Å²) in [6.07, 6.45) is 4.38. The van der Waals surface area contributed by atoms with E-state index in [9.17, 15) is 9.59 Å². The van der Waals surface area contributed by atoms with Crippen LogP contribution in [0.4, 0.5) is 4.79 Å². The third-order valence-electron chi connectivity index (χ3n) is 6.86. The van der Waals surface area contributed by atoms with Crippen molar-refractivity contribution in [3.05, 3.63) is 64.1 Å². The molecule has 1 saturated heterocycles. The van der Waals surface area contributed by atoms with Crippen LogP contribution in [0.15, 0.2) is 36.4 Å². The number of nitrogens with one attached hydrogen (secondary N) is 1. The fourth-order valence-corrected chi connectivity index (χ4v) is 5.19. The lowest BCUT2D eigenvalue weighted by Gasteiger charge is -2.37. The quantitative estimate of drug-likeness (QED) is 0.450. The maximum Gasteiger partial charge on any atom is 0.408 e. The van der Waals surface area contributed by atoms with Crippen LogP contribution in [0, 0.1) is 6.92 Å². The zero-order valence-corrected chi connectivity index (χ0v) is 22.6. The Kier molecular flexibility index (Phi) is 6.88. The van der Waals surface area contributed by atoms with Gasteiger partial charge in [-0.05, 0) is 83.6 Å². The molecule has 196 valence electrons. The number of rotatable bonds is 5. The molecule has 1 aromatic carbocycles. The summed E-state index contributed by atoms with van der Waals surface area (Å²) in [4.78, 5) is 33.5. The Hall–Kier alpha value is -3.13. The number of fused-ring (bicyclic) bond motifs is 1. The number of hydrogen-bond donors (Lipinski definition) is 1. The van der Waals surface area contributed by atoms with Gasteiger partial charge in [0.1, 0.15) is 11.6 Å². The zero-order valence-electron chi connectivity index (χ0n) is 21.8. The van der Waals surface area contributed by atoms with Crippen molar-refractivity contribution in [1.82, 2.24) is 24.8 Å². The second-order valence-corrected chi connectivity index (χ2v) is 11.5. The molecular weight excluding hydrogens is 490 g/mol. The van der Waals surface area contributed by atoms with Crippen molar-refractivity contribution >= 4 is 29.2 Å². The number of alkyl carbamates (subject to hydrolysis) is 1. The van der Waals surface area contributed by atoms with Crippen LogP contribution in [0.5, 0.6) is 0 Å². The number of ether oxygens (including phenoxy) is 1. The summed E-state index contributed by atoms with van der Waals surface area (Å²) in [5.74, 6) is 0.338. The first-order chi connectivity index (χ1) is 17.6. The van der Waals surface area contributed by atoms with Crippen molar-refractivity contribution in [1.29, 1.82) is 0 Å². The zero-order chi connectivity index (χ0) is 26.3. The molecule has 1 aliphatic carbocycles.